The van der Waals surface area contributed by atoms with Crippen LogP contribution in [0.15, 0.2) is 9.52 Å². The highest BCUT2D eigenvalue weighted by atomic mass is 16.6. The number of rotatable bonds is 3. The first-order valence-electron chi connectivity index (χ1n) is 8.01. The number of carbonyl (C=O) groups excluding carboxylic acids is 1. The van der Waals surface area contributed by atoms with Crippen molar-refractivity contribution in [2.45, 2.75) is 52.3 Å². The van der Waals surface area contributed by atoms with E-state index >= 15 is 0 Å². The molecule has 1 aliphatic rings. The maximum absolute atomic E-state index is 11.8. The fourth-order valence-corrected chi connectivity index (χ4v) is 2.45. The fraction of sp³-hybridized carbons (Fsp3) is 0.733. The van der Waals surface area contributed by atoms with Crippen molar-refractivity contribution in [3.63, 3.8) is 0 Å². The van der Waals surface area contributed by atoms with E-state index in [0.29, 0.717) is 24.8 Å². The molecule has 0 saturated carbocycles. The predicted octanol–water partition coefficient (Wildman–Crippen LogP) is 1.05. The number of aliphatic imine (C=N–C) groups is 1. The molecule has 1 aromatic rings. The Morgan fingerprint density at radius 1 is 1.50 bits per heavy atom. The van der Waals surface area contributed by atoms with Crippen LogP contribution in [0.4, 0.5) is 4.79 Å². The molecule has 1 aromatic heterocycles. The number of aromatic nitrogens is 2. The first kappa shape index (κ1) is 18.0. The molecule has 1 saturated heterocycles. The third-order valence-electron chi connectivity index (χ3n) is 3.39. The van der Waals surface area contributed by atoms with Crippen LogP contribution in [-0.4, -0.2) is 58.9 Å². The van der Waals surface area contributed by atoms with Crippen molar-refractivity contribution in [3.05, 3.63) is 11.7 Å². The molecular weight excluding hydrogens is 312 g/mol. The predicted molar refractivity (Wildman–Crippen MR) is 88.6 cm³/mol. The SMILES string of the molecule is CN=C(NCc1noc(C)n1)N1CCC(NC(=O)OC(C)(C)C)C1. The lowest BCUT2D eigenvalue weighted by Crippen LogP contribution is -2.44. The van der Waals surface area contributed by atoms with Crippen molar-refractivity contribution in [3.8, 4) is 0 Å². The molecule has 1 aliphatic heterocycles. The zero-order chi connectivity index (χ0) is 17.7. The monoisotopic (exact) mass is 338 g/mol. The summed E-state index contributed by atoms with van der Waals surface area (Å²) in [7, 11) is 1.72. The number of nitrogens with one attached hydrogen (secondary N) is 2. The molecule has 0 aliphatic carbocycles. The number of hydrogen-bond donors (Lipinski definition) is 2. The minimum Gasteiger partial charge on any atom is -0.444 e. The molecule has 0 bridgehead atoms. The molecule has 2 heterocycles. The third-order valence-corrected chi connectivity index (χ3v) is 3.39. The van der Waals surface area contributed by atoms with Gasteiger partial charge in [0.25, 0.3) is 0 Å². The number of nitrogens with zero attached hydrogens (tertiary/aromatic N) is 4. The highest BCUT2D eigenvalue weighted by Crippen LogP contribution is 2.12. The van der Waals surface area contributed by atoms with Crippen molar-refractivity contribution >= 4 is 12.1 Å². The lowest BCUT2D eigenvalue weighted by atomic mass is 10.2. The Morgan fingerprint density at radius 2 is 2.25 bits per heavy atom. The summed E-state index contributed by atoms with van der Waals surface area (Å²) in [5.41, 5.74) is -0.497. The first-order chi connectivity index (χ1) is 11.3. The molecular formula is C15H26N6O3. The molecule has 1 atom stereocenters. The van der Waals surface area contributed by atoms with E-state index in [0.717, 1.165) is 18.9 Å². The highest BCUT2D eigenvalue weighted by molar-refractivity contribution is 5.80. The molecule has 2 N–H and O–H groups in total. The molecule has 1 unspecified atom stereocenters. The van der Waals surface area contributed by atoms with E-state index < -0.39 is 5.60 Å². The van der Waals surface area contributed by atoms with E-state index in [-0.39, 0.29) is 12.1 Å². The van der Waals surface area contributed by atoms with Gasteiger partial charge in [0.2, 0.25) is 5.89 Å². The van der Waals surface area contributed by atoms with E-state index in [1.807, 2.05) is 20.8 Å². The van der Waals surface area contributed by atoms with Crippen LogP contribution >= 0.6 is 0 Å². The topological polar surface area (TPSA) is 105 Å². The van der Waals surface area contributed by atoms with Gasteiger partial charge in [-0.15, -0.1) is 0 Å². The van der Waals surface area contributed by atoms with Crippen molar-refractivity contribution in [2.24, 2.45) is 4.99 Å². The van der Waals surface area contributed by atoms with E-state index in [9.17, 15) is 4.79 Å². The molecule has 24 heavy (non-hydrogen) atoms. The zero-order valence-corrected chi connectivity index (χ0v) is 14.9. The fourth-order valence-electron chi connectivity index (χ4n) is 2.45. The minimum absolute atomic E-state index is 0.0332. The van der Waals surface area contributed by atoms with E-state index in [2.05, 4.69) is 30.7 Å². The quantitative estimate of drug-likeness (QED) is 0.627. The van der Waals surface area contributed by atoms with Crippen LogP contribution in [0.5, 0.6) is 0 Å². The standard InChI is InChI=1S/C15H26N6O3/c1-10-18-12(20-24-10)8-17-13(16-5)21-7-6-11(9-21)19-14(22)23-15(2,3)4/h11H,6-9H2,1-5H3,(H,16,17)(H,19,22). The lowest BCUT2D eigenvalue weighted by Gasteiger charge is -2.23. The van der Waals surface area contributed by atoms with Gasteiger partial charge >= 0.3 is 6.09 Å². The summed E-state index contributed by atoms with van der Waals surface area (Å²) in [6.07, 6.45) is 0.445. The van der Waals surface area contributed by atoms with Gasteiger partial charge in [0.15, 0.2) is 11.8 Å². The molecule has 1 fully saturated rings. The maximum Gasteiger partial charge on any atom is 0.407 e. The van der Waals surface area contributed by atoms with Crippen LogP contribution < -0.4 is 10.6 Å². The first-order valence-corrected chi connectivity index (χ1v) is 8.01. The highest BCUT2D eigenvalue weighted by Gasteiger charge is 2.27. The number of likely N-dealkylation sites (tertiary alicyclic amines) is 1. The molecule has 0 radical (unpaired) electrons. The summed E-state index contributed by atoms with van der Waals surface area (Å²) in [5.74, 6) is 1.85. The van der Waals surface area contributed by atoms with Crippen LogP contribution in [0.25, 0.3) is 0 Å². The van der Waals surface area contributed by atoms with E-state index in [1.165, 1.54) is 0 Å². The minimum atomic E-state index is -0.497. The van der Waals surface area contributed by atoms with Crippen molar-refractivity contribution < 1.29 is 14.1 Å². The normalized spacial score (nSPS) is 18.6. The van der Waals surface area contributed by atoms with Crippen molar-refractivity contribution in [1.29, 1.82) is 0 Å². The number of ether oxygens (including phenoxy) is 1. The summed E-state index contributed by atoms with van der Waals surface area (Å²) >= 11 is 0. The molecule has 0 spiro atoms. The van der Waals surface area contributed by atoms with Crippen LogP contribution in [0.3, 0.4) is 0 Å². The average molecular weight is 338 g/mol. The Labute approximate surface area is 141 Å². The molecule has 2 rings (SSSR count). The maximum atomic E-state index is 11.8. The number of hydrogen-bond acceptors (Lipinski definition) is 6. The Kier molecular flexibility index (Phi) is 5.63. The van der Waals surface area contributed by atoms with Gasteiger partial charge in [-0.2, -0.15) is 4.98 Å². The molecule has 134 valence electrons. The molecule has 9 heteroatoms. The summed E-state index contributed by atoms with van der Waals surface area (Å²) in [6, 6.07) is 0.0332. The average Bonchev–Trinajstić information content (AvgIpc) is 3.07. The van der Waals surface area contributed by atoms with Gasteiger partial charge in [-0.05, 0) is 27.2 Å². The van der Waals surface area contributed by atoms with Crippen LogP contribution in [-0.2, 0) is 11.3 Å². The molecule has 9 nitrogen and oxygen atoms in total. The van der Waals surface area contributed by atoms with Crippen molar-refractivity contribution in [2.75, 3.05) is 20.1 Å². The van der Waals surface area contributed by atoms with Gasteiger partial charge in [-0.25, -0.2) is 4.79 Å². The number of aryl methyl sites for hydroxylation is 1. The van der Waals surface area contributed by atoms with Crippen LogP contribution in [0.2, 0.25) is 0 Å². The number of guanidine groups is 1. The van der Waals surface area contributed by atoms with Gasteiger partial charge < -0.3 is 24.8 Å². The Morgan fingerprint density at radius 3 is 2.83 bits per heavy atom. The van der Waals surface area contributed by atoms with Crippen LogP contribution in [0, 0.1) is 6.92 Å². The summed E-state index contributed by atoms with van der Waals surface area (Å²) in [4.78, 5) is 22.3. The van der Waals surface area contributed by atoms with Gasteiger partial charge in [0.1, 0.15) is 5.60 Å². The van der Waals surface area contributed by atoms with Crippen LogP contribution in [0.1, 0.15) is 38.9 Å². The largest absolute Gasteiger partial charge is 0.444 e. The smallest absolute Gasteiger partial charge is 0.407 e. The van der Waals surface area contributed by atoms with Gasteiger partial charge in [0.05, 0.1) is 12.6 Å². The van der Waals surface area contributed by atoms with E-state index in [1.54, 1.807) is 14.0 Å². The van der Waals surface area contributed by atoms with Gasteiger partial charge in [-0.1, -0.05) is 5.16 Å². The Bertz CT molecular complexity index is 592. The van der Waals surface area contributed by atoms with Crippen molar-refractivity contribution in [1.82, 2.24) is 25.7 Å². The second kappa shape index (κ2) is 7.50. The van der Waals surface area contributed by atoms with E-state index in [4.69, 9.17) is 9.26 Å². The number of alkyl carbamates (subject to hydrolysis) is 1. The summed E-state index contributed by atoms with van der Waals surface area (Å²) in [5, 5.41) is 9.94. The Hall–Kier alpha value is -2.32. The molecule has 1 amide bonds. The third kappa shape index (κ3) is 5.39. The Balaban J connectivity index is 1.81. The second-order valence-electron chi connectivity index (χ2n) is 6.71. The number of carbonyl (C=O) groups is 1. The number of amides is 1. The van der Waals surface area contributed by atoms with Gasteiger partial charge in [0, 0.05) is 27.1 Å². The summed E-state index contributed by atoms with van der Waals surface area (Å²) < 4.78 is 10.2. The lowest BCUT2D eigenvalue weighted by molar-refractivity contribution is 0.0507. The summed E-state index contributed by atoms with van der Waals surface area (Å²) in [6.45, 7) is 9.19. The van der Waals surface area contributed by atoms with Gasteiger partial charge in [-0.3, -0.25) is 4.99 Å². The molecule has 0 aromatic carbocycles. The second-order valence-corrected chi connectivity index (χ2v) is 6.71. The zero-order valence-electron chi connectivity index (χ0n) is 14.9.